The van der Waals surface area contributed by atoms with Crippen molar-refractivity contribution in [1.82, 2.24) is 0 Å². The lowest BCUT2D eigenvalue weighted by Crippen LogP contribution is -2.21. The molecule has 0 fully saturated rings. The van der Waals surface area contributed by atoms with Gasteiger partial charge in [-0.3, -0.25) is 4.79 Å². The quantitative estimate of drug-likeness (QED) is 0.689. The van der Waals surface area contributed by atoms with Gasteiger partial charge in [0.2, 0.25) is 0 Å². The first kappa shape index (κ1) is 16.0. The number of carboxylic acids is 1. The molecule has 0 bridgehead atoms. The van der Waals surface area contributed by atoms with Crippen LogP contribution in [0.25, 0.3) is 6.08 Å². The second-order valence-corrected chi connectivity index (χ2v) is 4.90. The molecule has 5 heteroatoms. The molecule has 0 saturated carbocycles. The number of aromatic carboxylic acids is 1. The number of carbonyl (C=O) groups is 2. The summed E-state index contributed by atoms with van der Waals surface area (Å²) >= 11 is 0. The van der Waals surface area contributed by atoms with Crippen LogP contribution in [0.3, 0.4) is 0 Å². The number of anilines is 1. The highest BCUT2D eigenvalue weighted by molar-refractivity contribution is 6.09. The predicted molar refractivity (Wildman–Crippen MR) is 84.2 cm³/mol. The van der Waals surface area contributed by atoms with Crippen molar-refractivity contribution in [2.75, 3.05) is 5.32 Å². The molecule has 0 saturated heterocycles. The van der Waals surface area contributed by atoms with Crippen LogP contribution in [0.4, 0.5) is 5.69 Å². The van der Waals surface area contributed by atoms with Crippen molar-refractivity contribution in [3.8, 4) is 6.07 Å². The first-order valence-electron chi connectivity index (χ1n) is 6.81. The molecule has 23 heavy (non-hydrogen) atoms. The summed E-state index contributed by atoms with van der Waals surface area (Å²) < 4.78 is 0. The second kappa shape index (κ2) is 7.05. The van der Waals surface area contributed by atoms with Crippen molar-refractivity contribution in [3.63, 3.8) is 0 Å². The minimum atomic E-state index is -1.28. The van der Waals surface area contributed by atoms with Gasteiger partial charge in [-0.05, 0) is 41.8 Å². The molecule has 2 aromatic carbocycles. The zero-order chi connectivity index (χ0) is 16.8. The van der Waals surface area contributed by atoms with E-state index in [-0.39, 0.29) is 11.1 Å². The maximum atomic E-state index is 12.1. The second-order valence-electron chi connectivity index (χ2n) is 4.90. The molecule has 0 heterocycles. The number of hydrogen-bond donors (Lipinski definition) is 1. The topological polar surface area (TPSA) is 93.0 Å². The molecule has 5 nitrogen and oxygen atoms in total. The normalized spacial score (nSPS) is 10.7. The van der Waals surface area contributed by atoms with E-state index in [0.29, 0.717) is 11.3 Å². The van der Waals surface area contributed by atoms with Gasteiger partial charge in [-0.15, -0.1) is 0 Å². The highest BCUT2D eigenvalue weighted by Crippen LogP contribution is 2.13. The SMILES string of the molecule is Cc1cccc(NC(=O)/C(C#N)=C\c2ccc(C(=O)[O-])cc2)c1. The Labute approximate surface area is 133 Å². The Hall–Kier alpha value is -3.39. The standard InChI is InChI=1S/C18H14N2O3/c1-12-3-2-4-16(9-12)20-17(21)15(11-19)10-13-5-7-14(8-6-13)18(22)23/h2-10H,1H3,(H,20,21)(H,22,23)/p-1/b15-10-. The average Bonchev–Trinajstić information content (AvgIpc) is 2.53. The zero-order valence-electron chi connectivity index (χ0n) is 12.4. The van der Waals surface area contributed by atoms with Crippen molar-refractivity contribution in [2.45, 2.75) is 6.92 Å². The molecule has 0 aliphatic rings. The van der Waals surface area contributed by atoms with Crippen molar-refractivity contribution in [2.24, 2.45) is 0 Å². The van der Waals surface area contributed by atoms with Crippen LogP contribution in [0.15, 0.2) is 54.1 Å². The van der Waals surface area contributed by atoms with Crippen LogP contribution in [-0.4, -0.2) is 11.9 Å². The molecule has 114 valence electrons. The van der Waals surface area contributed by atoms with E-state index in [1.54, 1.807) is 18.2 Å². The van der Waals surface area contributed by atoms with Crippen molar-refractivity contribution in [3.05, 3.63) is 70.8 Å². The van der Waals surface area contributed by atoms with Crippen molar-refractivity contribution in [1.29, 1.82) is 5.26 Å². The van der Waals surface area contributed by atoms with Crippen LogP contribution >= 0.6 is 0 Å². The van der Waals surface area contributed by atoms with Crippen LogP contribution in [0.1, 0.15) is 21.5 Å². The molecule has 0 aliphatic carbocycles. The Morgan fingerprint density at radius 1 is 1.17 bits per heavy atom. The Morgan fingerprint density at radius 2 is 1.87 bits per heavy atom. The number of aryl methyl sites for hydroxylation is 1. The number of amides is 1. The van der Waals surface area contributed by atoms with Crippen LogP contribution in [-0.2, 0) is 4.79 Å². The third kappa shape index (κ3) is 4.29. The van der Waals surface area contributed by atoms with E-state index in [1.807, 2.05) is 19.1 Å². The number of nitrogens with one attached hydrogen (secondary N) is 1. The predicted octanol–water partition coefficient (Wildman–Crippen LogP) is 1.90. The summed E-state index contributed by atoms with van der Waals surface area (Å²) in [5.74, 6) is -1.81. The smallest absolute Gasteiger partial charge is 0.266 e. The molecule has 0 spiro atoms. The third-order valence-corrected chi connectivity index (χ3v) is 3.10. The van der Waals surface area contributed by atoms with Crippen LogP contribution in [0, 0.1) is 18.3 Å². The van der Waals surface area contributed by atoms with Gasteiger partial charge in [-0.25, -0.2) is 0 Å². The van der Waals surface area contributed by atoms with E-state index in [0.717, 1.165) is 5.56 Å². The molecule has 1 N–H and O–H groups in total. The number of rotatable bonds is 4. The summed E-state index contributed by atoms with van der Waals surface area (Å²) in [7, 11) is 0. The number of hydrogen-bond acceptors (Lipinski definition) is 4. The molecular formula is C18H13N2O3-. The lowest BCUT2D eigenvalue weighted by Gasteiger charge is -2.05. The summed E-state index contributed by atoms with van der Waals surface area (Å²) in [5, 5.41) is 22.5. The highest BCUT2D eigenvalue weighted by Gasteiger charge is 2.09. The summed E-state index contributed by atoms with van der Waals surface area (Å²) in [6.07, 6.45) is 1.39. The lowest BCUT2D eigenvalue weighted by atomic mass is 10.1. The Morgan fingerprint density at radius 3 is 2.43 bits per heavy atom. The van der Waals surface area contributed by atoms with Gasteiger partial charge >= 0.3 is 0 Å². The van der Waals surface area contributed by atoms with Gasteiger partial charge in [-0.2, -0.15) is 5.26 Å². The Balaban J connectivity index is 2.19. The van der Waals surface area contributed by atoms with Crippen molar-refractivity contribution >= 4 is 23.6 Å². The van der Waals surface area contributed by atoms with Crippen molar-refractivity contribution < 1.29 is 14.7 Å². The number of carboxylic acid groups (broad SMARTS) is 1. The van der Waals surface area contributed by atoms with E-state index < -0.39 is 11.9 Å². The first-order valence-corrected chi connectivity index (χ1v) is 6.81. The number of carbonyl (C=O) groups excluding carboxylic acids is 2. The summed E-state index contributed by atoms with van der Waals surface area (Å²) in [4.78, 5) is 22.8. The fraction of sp³-hybridized carbons (Fsp3) is 0.0556. The van der Waals surface area contributed by atoms with E-state index >= 15 is 0 Å². The van der Waals surface area contributed by atoms with Gasteiger partial charge in [0.15, 0.2) is 0 Å². The maximum Gasteiger partial charge on any atom is 0.266 e. The maximum absolute atomic E-state index is 12.1. The van der Waals surface area contributed by atoms with Crippen LogP contribution in [0.5, 0.6) is 0 Å². The molecule has 1 amide bonds. The van der Waals surface area contributed by atoms with E-state index in [4.69, 9.17) is 5.26 Å². The lowest BCUT2D eigenvalue weighted by molar-refractivity contribution is -0.255. The summed E-state index contributed by atoms with van der Waals surface area (Å²) in [6, 6.07) is 14.8. The fourth-order valence-corrected chi connectivity index (χ4v) is 1.95. The first-order chi connectivity index (χ1) is 11.0. The average molecular weight is 305 g/mol. The molecule has 0 radical (unpaired) electrons. The molecular weight excluding hydrogens is 292 g/mol. The van der Waals surface area contributed by atoms with Gasteiger partial charge in [-0.1, -0.05) is 36.4 Å². The molecule has 0 aliphatic heterocycles. The van der Waals surface area contributed by atoms with Crippen LogP contribution < -0.4 is 10.4 Å². The van der Waals surface area contributed by atoms with E-state index in [1.165, 1.54) is 30.3 Å². The zero-order valence-corrected chi connectivity index (χ0v) is 12.4. The van der Waals surface area contributed by atoms with Gasteiger partial charge in [0, 0.05) is 5.69 Å². The Kier molecular flexibility index (Phi) is 4.90. The minimum absolute atomic E-state index is 0.0323. The van der Waals surface area contributed by atoms with Crippen LogP contribution in [0.2, 0.25) is 0 Å². The van der Waals surface area contributed by atoms with Gasteiger partial charge < -0.3 is 15.2 Å². The summed E-state index contributed by atoms with van der Waals surface area (Å²) in [5.41, 5.74) is 2.09. The number of nitrogens with zero attached hydrogens (tertiary/aromatic N) is 1. The molecule has 2 aromatic rings. The number of benzene rings is 2. The third-order valence-electron chi connectivity index (χ3n) is 3.10. The highest BCUT2D eigenvalue weighted by atomic mass is 16.4. The van der Waals surface area contributed by atoms with E-state index in [2.05, 4.69) is 5.32 Å². The van der Waals surface area contributed by atoms with Gasteiger partial charge in [0.1, 0.15) is 11.6 Å². The minimum Gasteiger partial charge on any atom is -0.545 e. The molecule has 0 unspecified atom stereocenters. The van der Waals surface area contributed by atoms with Gasteiger partial charge in [0.25, 0.3) is 5.91 Å². The Bertz CT molecular complexity index is 815. The van der Waals surface area contributed by atoms with Gasteiger partial charge in [0.05, 0.1) is 5.97 Å². The summed E-state index contributed by atoms with van der Waals surface area (Å²) in [6.45, 7) is 1.90. The number of nitriles is 1. The monoisotopic (exact) mass is 305 g/mol. The molecule has 0 aromatic heterocycles. The fourth-order valence-electron chi connectivity index (χ4n) is 1.95. The largest absolute Gasteiger partial charge is 0.545 e. The molecule has 0 atom stereocenters. The van der Waals surface area contributed by atoms with E-state index in [9.17, 15) is 14.7 Å². The molecule has 2 rings (SSSR count).